The summed E-state index contributed by atoms with van der Waals surface area (Å²) in [6.07, 6.45) is 2.93. The summed E-state index contributed by atoms with van der Waals surface area (Å²) < 4.78 is 5.04. The minimum absolute atomic E-state index is 0.00315. The van der Waals surface area contributed by atoms with Crippen LogP contribution in [-0.2, 0) is 51.1 Å². The van der Waals surface area contributed by atoms with Crippen molar-refractivity contribution in [3.05, 3.63) is 75.4 Å². The lowest BCUT2D eigenvalue weighted by atomic mass is 9.84. The molecule has 0 unspecified atom stereocenters. The molecule has 2 aliphatic heterocycles. The number of carbonyl (C=O) groups is 7. The van der Waals surface area contributed by atoms with Gasteiger partial charge in [-0.15, -0.1) is 0 Å². The monoisotopic (exact) mass is 966 g/mol. The molecule has 12 N–H and O–H groups in total. The van der Waals surface area contributed by atoms with Crippen molar-refractivity contribution in [1.29, 1.82) is 0 Å². The number of rotatable bonds is 23. The number of carbonyl (C=O) groups excluding carboxylic acids is 5. The molecule has 5 rings (SSSR count). The molecule has 2 aliphatic rings. The average molecular weight is 967 g/mol. The van der Waals surface area contributed by atoms with Gasteiger partial charge in [-0.05, 0) is 93.5 Å². The number of hydrogen-bond donors (Lipinski definition) is 10. The Bertz CT molecular complexity index is 2740. The molecule has 0 saturated carbocycles. The van der Waals surface area contributed by atoms with Crippen LogP contribution in [0.4, 0.5) is 0 Å². The van der Waals surface area contributed by atoms with Gasteiger partial charge in [0.05, 0.1) is 48.6 Å². The number of ether oxygens (including phenoxy) is 1. The Morgan fingerprint density at radius 2 is 1.57 bits per heavy atom. The lowest BCUT2D eigenvalue weighted by Crippen LogP contribution is -2.43. The largest absolute Gasteiger partial charge is 0.481 e. The van der Waals surface area contributed by atoms with Gasteiger partial charge in [-0.1, -0.05) is 32.9 Å². The Balaban J connectivity index is 1.72. The van der Waals surface area contributed by atoms with Gasteiger partial charge < -0.3 is 57.7 Å². The van der Waals surface area contributed by atoms with Crippen molar-refractivity contribution in [1.82, 2.24) is 41.2 Å². The summed E-state index contributed by atoms with van der Waals surface area (Å²) in [5.41, 5.74) is 21.2. The molecule has 0 saturated heterocycles. The fraction of sp³-hybridized carbons (Fsp3) is 0.460. The van der Waals surface area contributed by atoms with Gasteiger partial charge in [0, 0.05) is 83.2 Å². The predicted molar refractivity (Wildman–Crippen MR) is 265 cm³/mol. The zero-order valence-corrected chi connectivity index (χ0v) is 40.7. The number of hydrogen-bond acceptors (Lipinski definition) is 12. The third-order valence-corrected chi connectivity index (χ3v) is 12.9. The summed E-state index contributed by atoms with van der Waals surface area (Å²) in [5, 5.41) is 29.1. The highest BCUT2D eigenvalue weighted by Crippen LogP contribution is 2.44. The number of aryl methyl sites for hydroxylation is 3. The van der Waals surface area contributed by atoms with E-state index in [2.05, 4.69) is 37.8 Å². The van der Waals surface area contributed by atoms with Gasteiger partial charge >= 0.3 is 17.9 Å². The lowest BCUT2D eigenvalue weighted by molar-refractivity contribution is -0.147. The second kappa shape index (κ2) is 24.4. The normalized spacial score (nSPS) is 15.1. The molecule has 0 fully saturated rings. The quantitative estimate of drug-likeness (QED) is 0.0479. The second-order valence-electron chi connectivity index (χ2n) is 17.6. The van der Waals surface area contributed by atoms with Crippen LogP contribution < -0.4 is 32.7 Å². The number of aliphatic carboxylic acids is 2. The number of H-pyrrole nitrogens is 2. The van der Waals surface area contributed by atoms with Gasteiger partial charge in [0.1, 0.15) is 6.04 Å². The first-order valence-electron chi connectivity index (χ1n) is 23.5. The fourth-order valence-electron chi connectivity index (χ4n) is 8.89. The minimum Gasteiger partial charge on any atom is -0.481 e. The van der Waals surface area contributed by atoms with Gasteiger partial charge in [-0.25, -0.2) is 9.78 Å². The number of nitrogens with two attached hydrogens (primary N) is 2. The fourth-order valence-corrected chi connectivity index (χ4v) is 8.89. The average Bonchev–Trinajstić information content (AvgIpc) is 4.00. The first-order chi connectivity index (χ1) is 33.3. The number of nitrogens with one attached hydrogen (secondary N) is 6. The number of aromatic nitrogens is 4. The summed E-state index contributed by atoms with van der Waals surface area (Å²) >= 11 is 0. The van der Waals surface area contributed by atoms with Crippen LogP contribution in [0.5, 0.6) is 0 Å². The van der Waals surface area contributed by atoms with Crippen LogP contribution in [0.3, 0.4) is 0 Å². The second-order valence-corrected chi connectivity index (χ2v) is 17.6. The summed E-state index contributed by atoms with van der Waals surface area (Å²) in [6.45, 7) is 14.2. The van der Waals surface area contributed by atoms with E-state index in [4.69, 9.17) is 31.3 Å². The zero-order chi connectivity index (χ0) is 51.4. The third-order valence-electron chi connectivity index (χ3n) is 12.9. The number of amides is 4. The highest BCUT2D eigenvalue weighted by molar-refractivity contribution is 6.27. The maximum absolute atomic E-state index is 14.6. The van der Waals surface area contributed by atoms with E-state index in [0.29, 0.717) is 48.5 Å². The van der Waals surface area contributed by atoms with Crippen molar-refractivity contribution in [2.24, 2.45) is 11.5 Å². The van der Waals surface area contributed by atoms with Gasteiger partial charge in [0.25, 0.3) is 5.91 Å². The Morgan fingerprint density at radius 1 is 0.871 bits per heavy atom. The van der Waals surface area contributed by atoms with Gasteiger partial charge in [-0.3, -0.25) is 33.8 Å². The van der Waals surface area contributed by atoms with Crippen LogP contribution in [0.2, 0.25) is 0 Å². The molecule has 20 nitrogen and oxygen atoms in total. The van der Waals surface area contributed by atoms with E-state index in [1.54, 1.807) is 13.0 Å². The van der Waals surface area contributed by atoms with E-state index in [0.717, 1.165) is 50.7 Å². The predicted octanol–water partition coefficient (Wildman–Crippen LogP) is 3.69. The first kappa shape index (κ1) is 53.8. The number of methoxy groups -OCH3 is 1. The molecule has 4 atom stereocenters. The molecule has 5 heterocycles. The summed E-state index contributed by atoms with van der Waals surface area (Å²) in [7, 11) is 1.30. The highest BCUT2D eigenvalue weighted by Gasteiger charge is 2.36. The molecule has 8 bridgehead atoms. The van der Waals surface area contributed by atoms with Gasteiger partial charge in [0.2, 0.25) is 17.7 Å². The van der Waals surface area contributed by atoms with Crippen LogP contribution in [0, 0.1) is 13.8 Å². The number of allylic oxidation sites excluding steroid dienone is 1. The Morgan fingerprint density at radius 3 is 2.23 bits per heavy atom. The van der Waals surface area contributed by atoms with E-state index in [1.165, 1.54) is 7.11 Å². The lowest BCUT2D eigenvalue weighted by Gasteiger charge is -2.19. The summed E-state index contributed by atoms with van der Waals surface area (Å²) in [4.78, 5) is 107. The number of fused-ring (bicyclic) bond motifs is 8. The molecule has 376 valence electrons. The molecule has 3 aromatic heterocycles. The molecule has 20 heteroatoms. The SMILES string of the molecule is C=Cc1c(C)c2cc3nc(c(CC(=O)NCCC(=O)N[C@@H](CC(=O)O)C(=O)O)c4nc(cc5[nH]c(cc1[nH]2)c(C)c5CC)C(C)=C4C(=O)NCCNC(=O)[C@@H](N)CCCCN)[C@@H](CCC(=O)OC)[C@@H]3C. The van der Waals surface area contributed by atoms with Crippen LogP contribution in [0.15, 0.2) is 24.8 Å². The van der Waals surface area contributed by atoms with E-state index in [9.17, 15) is 38.7 Å². The molecular formula is C50H66N10O10. The third kappa shape index (κ3) is 12.9. The Labute approximate surface area is 405 Å². The molecule has 0 aliphatic carbocycles. The smallest absolute Gasteiger partial charge is 0.326 e. The van der Waals surface area contributed by atoms with Gasteiger partial charge in [-0.2, -0.15) is 0 Å². The molecule has 0 aromatic carbocycles. The number of esters is 1. The van der Waals surface area contributed by atoms with Crippen molar-refractivity contribution in [2.45, 2.75) is 116 Å². The van der Waals surface area contributed by atoms with Crippen molar-refractivity contribution >= 4 is 80.8 Å². The number of carboxylic acids is 2. The number of unbranched alkanes of at least 4 members (excludes halogenated alkanes) is 1. The van der Waals surface area contributed by atoms with E-state index in [1.807, 2.05) is 45.9 Å². The topological polar surface area (TPSA) is 327 Å². The summed E-state index contributed by atoms with van der Waals surface area (Å²) in [5.74, 6) is -6.56. The van der Waals surface area contributed by atoms with Crippen molar-refractivity contribution in [3.63, 3.8) is 0 Å². The van der Waals surface area contributed by atoms with Crippen molar-refractivity contribution < 1.29 is 48.5 Å². The molecule has 70 heavy (non-hydrogen) atoms. The van der Waals surface area contributed by atoms with Crippen molar-refractivity contribution in [2.75, 3.05) is 33.3 Å². The maximum Gasteiger partial charge on any atom is 0.326 e. The van der Waals surface area contributed by atoms with Crippen LogP contribution >= 0.6 is 0 Å². The number of aromatic amines is 2. The van der Waals surface area contributed by atoms with Gasteiger partial charge in [0.15, 0.2) is 0 Å². The molecule has 4 amide bonds. The Hall–Kier alpha value is -7.19. The highest BCUT2D eigenvalue weighted by atomic mass is 16.5. The van der Waals surface area contributed by atoms with Crippen LogP contribution in [-0.4, -0.2) is 117 Å². The Kier molecular flexibility index (Phi) is 18.7. The number of carboxylic acid groups (broad SMARTS) is 2. The molecule has 0 spiro atoms. The maximum atomic E-state index is 14.6. The van der Waals surface area contributed by atoms with Crippen molar-refractivity contribution in [3.8, 4) is 0 Å². The van der Waals surface area contributed by atoms with E-state index in [-0.39, 0.29) is 67.6 Å². The minimum atomic E-state index is -1.68. The zero-order valence-electron chi connectivity index (χ0n) is 40.7. The molecular weight excluding hydrogens is 901 g/mol. The van der Waals surface area contributed by atoms with E-state index >= 15 is 0 Å². The van der Waals surface area contributed by atoms with Crippen LogP contribution in [0.1, 0.15) is 128 Å². The van der Waals surface area contributed by atoms with Crippen LogP contribution in [0.25, 0.3) is 39.3 Å². The summed E-state index contributed by atoms with van der Waals surface area (Å²) in [6, 6.07) is 3.40. The molecule has 3 aromatic rings. The molecule has 0 radical (unpaired) electrons. The number of nitrogens with zero attached hydrogens (tertiary/aromatic N) is 2. The van der Waals surface area contributed by atoms with E-state index < -0.39 is 66.5 Å². The first-order valence-corrected chi connectivity index (χ1v) is 23.5. The standard InChI is InChI=1S/C50H66N10O10/c1-8-29-25(3)34-21-36-27(5)31(13-14-44(65)70-7)46(59-36)32(20-42(62)53-17-15-41(61)58-40(50(68)69)24-43(63)64)47-45(49(67)55-19-18-54-48(66)33(52)12-10-11-16-51)28(6)37(60-47)23-39-30(9-2)26(4)35(57-39)22-38(29)56-34/h8,21-23,27,31,33,40,56-57H,1,9-20,24,51-52H2,2-7H3,(H,53,62)(H,54,66)(H,55,67)(H,58,61)(H,63,64)(H,68,69)/t27-,31-,33-,40-/m0/s1.